The Morgan fingerprint density at radius 2 is 1.75 bits per heavy atom. The van der Waals surface area contributed by atoms with Crippen LogP contribution >= 0.6 is 0 Å². The SMILES string of the molecule is COc1ccccc1-c1noc(COc2ccc3c(c2)[nH]c2ccccc23)n1. The zero-order valence-electron chi connectivity index (χ0n) is 15.2. The third-order valence-corrected chi connectivity index (χ3v) is 4.66. The normalized spacial score (nSPS) is 11.2. The number of H-pyrrole nitrogens is 1. The molecule has 0 aliphatic carbocycles. The van der Waals surface area contributed by atoms with Crippen molar-refractivity contribution < 1.29 is 14.0 Å². The molecule has 2 aromatic heterocycles. The number of ether oxygens (including phenoxy) is 2. The number of rotatable bonds is 5. The van der Waals surface area contributed by atoms with Crippen LogP contribution in [0, 0.1) is 0 Å². The molecule has 0 aliphatic rings. The van der Waals surface area contributed by atoms with Crippen LogP contribution in [0.2, 0.25) is 0 Å². The van der Waals surface area contributed by atoms with E-state index in [1.807, 2.05) is 48.5 Å². The highest BCUT2D eigenvalue weighted by Gasteiger charge is 2.13. The number of fused-ring (bicyclic) bond motifs is 3. The van der Waals surface area contributed by atoms with Crippen molar-refractivity contribution in [3.05, 3.63) is 72.6 Å². The molecule has 28 heavy (non-hydrogen) atoms. The number of aromatic nitrogens is 3. The fourth-order valence-corrected chi connectivity index (χ4v) is 3.32. The first-order valence-corrected chi connectivity index (χ1v) is 8.91. The molecular weight excluding hydrogens is 354 g/mol. The number of methoxy groups -OCH3 is 1. The summed E-state index contributed by atoms with van der Waals surface area (Å²) in [6.07, 6.45) is 0. The summed E-state index contributed by atoms with van der Waals surface area (Å²) in [5, 5.41) is 6.40. The smallest absolute Gasteiger partial charge is 0.264 e. The maximum absolute atomic E-state index is 5.85. The summed E-state index contributed by atoms with van der Waals surface area (Å²) in [7, 11) is 1.61. The van der Waals surface area contributed by atoms with E-state index in [1.54, 1.807) is 7.11 Å². The average Bonchev–Trinajstić information content (AvgIpc) is 3.36. The van der Waals surface area contributed by atoms with Crippen molar-refractivity contribution in [1.29, 1.82) is 0 Å². The number of hydrogen-bond donors (Lipinski definition) is 1. The molecule has 0 amide bonds. The molecule has 3 aromatic carbocycles. The van der Waals surface area contributed by atoms with Gasteiger partial charge in [-0.05, 0) is 30.3 Å². The van der Waals surface area contributed by atoms with Crippen molar-refractivity contribution in [3.63, 3.8) is 0 Å². The molecule has 6 heteroatoms. The molecule has 0 saturated carbocycles. The molecule has 0 atom stereocenters. The van der Waals surface area contributed by atoms with Gasteiger partial charge in [0.05, 0.1) is 18.2 Å². The predicted octanol–water partition coefficient (Wildman–Crippen LogP) is 4.96. The molecule has 0 aliphatic heterocycles. The largest absolute Gasteiger partial charge is 0.496 e. The Balaban J connectivity index is 1.36. The van der Waals surface area contributed by atoms with Crippen molar-refractivity contribution >= 4 is 21.8 Å². The van der Waals surface area contributed by atoms with Crippen molar-refractivity contribution in [1.82, 2.24) is 15.1 Å². The van der Waals surface area contributed by atoms with Crippen LogP contribution in [0.3, 0.4) is 0 Å². The molecule has 5 aromatic rings. The average molecular weight is 371 g/mol. The minimum absolute atomic E-state index is 0.188. The molecule has 6 nitrogen and oxygen atoms in total. The summed E-state index contributed by atoms with van der Waals surface area (Å²) >= 11 is 0. The lowest BCUT2D eigenvalue weighted by atomic mass is 10.1. The third-order valence-electron chi connectivity index (χ3n) is 4.66. The van der Waals surface area contributed by atoms with Crippen molar-refractivity contribution in [2.24, 2.45) is 0 Å². The molecular formula is C22H17N3O3. The van der Waals surface area contributed by atoms with Gasteiger partial charge in [-0.1, -0.05) is 35.5 Å². The fourth-order valence-electron chi connectivity index (χ4n) is 3.32. The van der Waals surface area contributed by atoms with Crippen LogP contribution in [0.25, 0.3) is 33.2 Å². The van der Waals surface area contributed by atoms with Gasteiger partial charge in [0.25, 0.3) is 5.89 Å². The highest BCUT2D eigenvalue weighted by atomic mass is 16.5. The van der Waals surface area contributed by atoms with E-state index in [0.717, 1.165) is 22.3 Å². The second-order valence-corrected chi connectivity index (χ2v) is 6.38. The number of benzene rings is 3. The van der Waals surface area contributed by atoms with Crippen LogP contribution in [-0.2, 0) is 6.61 Å². The fraction of sp³-hybridized carbons (Fsp3) is 0.0909. The van der Waals surface area contributed by atoms with Gasteiger partial charge < -0.3 is 19.0 Å². The van der Waals surface area contributed by atoms with E-state index >= 15 is 0 Å². The van der Waals surface area contributed by atoms with Gasteiger partial charge in [-0.25, -0.2) is 0 Å². The van der Waals surface area contributed by atoms with Crippen LogP contribution in [0.4, 0.5) is 0 Å². The first-order chi connectivity index (χ1) is 13.8. The Hall–Kier alpha value is -3.80. The van der Waals surface area contributed by atoms with Gasteiger partial charge in [-0.3, -0.25) is 0 Å². The van der Waals surface area contributed by atoms with E-state index < -0.39 is 0 Å². The maximum Gasteiger partial charge on any atom is 0.264 e. The lowest BCUT2D eigenvalue weighted by Crippen LogP contribution is -1.96. The van der Waals surface area contributed by atoms with E-state index in [-0.39, 0.29) is 6.61 Å². The molecule has 138 valence electrons. The number of nitrogens with one attached hydrogen (secondary N) is 1. The summed E-state index contributed by atoms with van der Waals surface area (Å²) in [6.45, 7) is 0.188. The molecule has 0 unspecified atom stereocenters. The van der Waals surface area contributed by atoms with E-state index in [4.69, 9.17) is 14.0 Å². The number of hydrogen-bond acceptors (Lipinski definition) is 5. The summed E-state index contributed by atoms with van der Waals surface area (Å²) in [6, 6.07) is 21.7. The van der Waals surface area contributed by atoms with Crippen LogP contribution < -0.4 is 9.47 Å². The van der Waals surface area contributed by atoms with E-state index in [9.17, 15) is 0 Å². The molecule has 0 bridgehead atoms. The van der Waals surface area contributed by atoms with Gasteiger partial charge in [0.1, 0.15) is 11.5 Å². The molecule has 0 saturated heterocycles. The number of aromatic amines is 1. The lowest BCUT2D eigenvalue weighted by Gasteiger charge is -2.03. The Bertz CT molecular complexity index is 1270. The Labute approximate surface area is 160 Å². The number of para-hydroxylation sites is 2. The first-order valence-electron chi connectivity index (χ1n) is 8.91. The van der Waals surface area contributed by atoms with Gasteiger partial charge in [0.2, 0.25) is 5.82 Å². The van der Waals surface area contributed by atoms with Gasteiger partial charge in [0.15, 0.2) is 6.61 Å². The first kappa shape index (κ1) is 16.4. The summed E-state index contributed by atoms with van der Waals surface area (Å²) in [5.41, 5.74) is 2.91. The van der Waals surface area contributed by atoms with Crippen LogP contribution in [0.15, 0.2) is 71.3 Å². The third kappa shape index (κ3) is 2.85. The minimum atomic E-state index is 0.188. The summed E-state index contributed by atoms with van der Waals surface area (Å²) in [4.78, 5) is 7.82. The molecule has 0 radical (unpaired) electrons. The summed E-state index contributed by atoms with van der Waals surface area (Å²) in [5.74, 6) is 2.30. The van der Waals surface area contributed by atoms with E-state index in [0.29, 0.717) is 17.5 Å². The summed E-state index contributed by atoms with van der Waals surface area (Å²) < 4.78 is 16.5. The van der Waals surface area contributed by atoms with E-state index in [2.05, 4.69) is 33.3 Å². The Morgan fingerprint density at radius 3 is 2.68 bits per heavy atom. The maximum atomic E-state index is 5.85. The van der Waals surface area contributed by atoms with Gasteiger partial charge >= 0.3 is 0 Å². The zero-order valence-corrected chi connectivity index (χ0v) is 15.2. The molecule has 2 heterocycles. The quantitative estimate of drug-likeness (QED) is 0.473. The topological polar surface area (TPSA) is 73.2 Å². The molecule has 1 N–H and O–H groups in total. The Kier molecular flexibility index (Phi) is 3.94. The predicted molar refractivity (Wildman–Crippen MR) is 106 cm³/mol. The van der Waals surface area contributed by atoms with Gasteiger partial charge in [0, 0.05) is 22.4 Å². The standard InChI is InChI=1S/C22H17N3O3/c1-26-20-9-5-3-7-17(20)22-24-21(28-25-22)13-27-14-10-11-16-15-6-2-4-8-18(15)23-19(16)12-14/h2-12,23H,13H2,1H3. The number of nitrogens with zero attached hydrogens (tertiary/aromatic N) is 2. The molecule has 5 rings (SSSR count). The highest BCUT2D eigenvalue weighted by molar-refractivity contribution is 6.07. The minimum Gasteiger partial charge on any atom is -0.496 e. The zero-order chi connectivity index (χ0) is 18.9. The van der Waals surface area contributed by atoms with Crippen molar-refractivity contribution in [2.75, 3.05) is 7.11 Å². The lowest BCUT2D eigenvalue weighted by molar-refractivity contribution is 0.243. The van der Waals surface area contributed by atoms with Crippen LogP contribution in [-0.4, -0.2) is 22.2 Å². The van der Waals surface area contributed by atoms with Crippen molar-refractivity contribution in [3.8, 4) is 22.9 Å². The van der Waals surface area contributed by atoms with Gasteiger partial charge in [-0.2, -0.15) is 4.98 Å². The molecule has 0 fully saturated rings. The van der Waals surface area contributed by atoms with Crippen molar-refractivity contribution in [2.45, 2.75) is 6.61 Å². The monoisotopic (exact) mass is 371 g/mol. The highest BCUT2D eigenvalue weighted by Crippen LogP contribution is 2.29. The van der Waals surface area contributed by atoms with Crippen LogP contribution in [0.1, 0.15) is 5.89 Å². The van der Waals surface area contributed by atoms with E-state index in [1.165, 1.54) is 10.8 Å². The Morgan fingerprint density at radius 1 is 0.929 bits per heavy atom. The second kappa shape index (κ2) is 6.74. The second-order valence-electron chi connectivity index (χ2n) is 6.38. The van der Waals surface area contributed by atoms with Crippen LogP contribution in [0.5, 0.6) is 11.5 Å². The van der Waals surface area contributed by atoms with Gasteiger partial charge in [-0.15, -0.1) is 0 Å². The molecule has 0 spiro atoms.